The average Bonchev–Trinajstić information content (AvgIpc) is 3.65. The third-order valence-electron chi connectivity index (χ3n) is 11.0. The van der Waals surface area contributed by atoms with Crippen LogP contribution in [0.2, 0.25) is 0 Å². The summed E-state index contributed by atoms with van der Waals surface area (Å²) in [7, 11) is 0. The van der Waals surface area contributed by atoms with E-state index in [1.54, 1.807) is 0 Å². The zero-order valence-corrected chi connectivity index (χ0v) is 25.5. The number of hydrogen-bond acceptors (Lipinski definition) is 8. The fraction of sp³-hybridized carbons (Fsp3) is 0.457. The zero-order valence-electron chi connectivity index (χ0n) is 25.5. The first-order chi connectivity index (χ1) is 22.6. The van der Waals surface area contributed by atoms with E-state index in [0.717, 1.165) is 19.4 Å². The summed E-state index contributed by atoms with van der Waals surface area (Å²) in [5.41, 5.74) is -0.166. The number of halogens is 4. The molecular weight excluding hydrogens is 612 g/mol. The molecule has 5 atom stereocenters. The summed E-state index contributed by atoms with van der Waals surface area (Å²) < 4.78 is 68.7. The van der Waals surface area contributed by atoms with Gasteiger partial charge in [0.05, 0.1) is 28.7 Å². The number of ether oxygens (including phenoxy) is 1. The van der Waals surface area contributed by atoms with Gasteiger partial charge in [0.1, 0.15) is 41.4 Å². The third-order valence-corrected chi connectivity index (χ3v) is 11.0. The molecule has 0 amide bonds. The number of pyridine rings is 1. The van der Waals surface area contributed by atoms with E-state index in [0.29, 0.717) is 60.9 Å². The van der Waals surface area contributed by atoms with E-state index in [9.17, 15) is 13.9 Å². The van der Waals surface area contributed by atoms with Crippen molar-refractivity contribution in [1.29, 1.82) is 0 Å². The van der Waals surface area contributed by atoms with Crippen LogP contribution in [0.15, 0.2) is 24.3 Å². The lowest BCUT2D eigenvalue weighted by atomic mass is 9.95. The summed E-state index contributed by atoms with van der Waals surface area (Å²) >= 11 is 0. The Kier molecular flexibility index (Phi) is 6.25. The van der Waals surface area contributed by atoms with Crippen LogP contribution in [0, 0.1) is 24.0 Å². The van der Waals surface area contributed by atoms with Crippen molar-refractivity contribution in [3.05, 3.63) is 47.2 Å². The molecule has 0 spiro atoms. The number of terminal acetylenes is 1. The lowest BCUT2D eigenvalue weighted by Gasteiger charge is -2.43. The standard InChI is InChI=1S/C35H32F4N6O2/c1-2-21-23(37)5-4-18-12-20(46)13-22(27(18)21)30-29(38)31-28-25(40-30)6-7-26-24-8-10-35(39,43-24)16-45(26)32(28)42-33(41-31)47-17-34-9-3-11-44(34)15-19(36)14-34/h1,4-5,12-13,19,24,26,43,46H,3,6-11,14-17H2/t19-,24+,26-,34+,35-/m1/s1. The first kappa shape index (κ1) is 29.0. The zero-order chi connectivity index (χ0) is 32.2. The highest BCUT2D eigenvalue weighted by atomic mass is 19.2. The van der Waals surface area contributed by atoms with Crippen molar-refractivity contribution in [2.45, 2.75) is 74.5 Å². The molecule has 2 N–H and O–H groups in total. The molecule has 4 fully saturated rings. The third kappa shape index (κ3) is 4.32. The number of rotatable bonds is 4. The second-order valence-corrected chi connectivity index (χ2v) is 13.8. The Labute approximate surface area is 268 Å². The van der Waals surface area contributed by atoms with E-state index in [1.165, 1.54) is 24.3 Å². The van der Waals surface area contributed by atoms with Gasteiger partial charge in [0, 0.05) is 36.0 Å². The van der Waals surface area contributed by atoms with Gasteiger partial charge in [-0.1, -0.05) is 12.0 Å². The van der Waals surface area contributed by atoms with Crippen LogP contribution in [-0.2, 0) is 6.42 Å². The number of aryl methyl sites for hydroxylation is 1. The predicted octanol–water partition coefficient (Wildman–Crippen LogP) is 5.32. The number of nitrogens with one attached hydrogen (secondary N) is 1. The topological polar surface area (TPSA) is 86.6 Å². The first-order valence-electron chi connectivity index (χ1n) is 16.2. The molecule has 8 nitrogen and oxygen atoms in total. The molecule has 4 saturated heterocycles. The van der Waals surface area contributed by atoms with E-state index >= 15 is 8.78 Å². The number of fused-ring (bicyclic) bond motifs is 7. The minimum absolute atomic E-state index is 0.0196. The van der Waals surface area contributed by atoms with Crippen molar-refractivity contribution >= 4 is 27.5 Å². The Bertz CT molecular complexity index is 2040. The Morgan fingerprint density at radius 3 is 2.85 bits per heavy atom. The van der Waals surface area contributed by atoms with Crippen molar-refractivity contribution in [3.63, 3.8) is 0 Å². The summed E-state index contributed by atoms with van der Waals surface area (Å²) in [4.78, 5) is 18.2. The van der Waals surface area contributed by atoms with Crippen LogP contribution >= 0.6 is 0 Å². The van der Waals surface area contributed by atoms with E-state index in [1.807, 2.05) is 4.90 Å². The second kappa shape index (κ2) is 10.1. The molecule has 5 aliphatic heterocycles. The van der Waals surface area contributed by atoms with Crippen LogP contribution < -0.4 is 15.0 Å². The highest BCUT2D eigenvalue weighted by Crippen LogP contribution is 2.46. The van der Waals surface area contributed by atoms with Crippen LogP contribution in [0.5, 0.6) is 11.8 Å². The van der Waals surface area contributed by atoms with Crippen molar-refractivity contribution in [1.82, 2.24) is 25.2 Å². The van der Waals surface area contributed by atoms with Gasteiger partial charge in [-0.2, -0.15) is 9.97 Å². The largest absolute Gasteiger partial charge is 0.508 e. The molecule has 0 unspecified atom stereocenters. The molecule has 12 heteroatoms. The molecule has 9 rings (SSSR count). The predicted molar refractivity (Wildman–Crippen MR) is 168 cm³/mol. The SMILES string of the molecule is C#Cc1c(F)ccc2cc(O)cc(-c3nc4c5c(nc(OC[C@@]67CCCN6C[C@H](F)C7)nc5c3F)N3C[C@@]5(F)CC[C@H](N5)[C@H]3CC4)c12. The maximum atomic E-state index is 17.1. The molecule has 0 saturated carbocycles. The van der Waals surface area contributed by atoms with Crippen molar-refractivity contribution < 1.29 is 27.4 Å². The molecular formula is C35H32F4N6O2. The molecule has 4 aromatic rings. The number of piperazine rings is 1. The van der Waals surface area contributed by atoms with Crippen LogP contribution in [0.25, 0.3) is 32.9 Å². The fourth-order valence-corrected chi connectivity index (χ4v) is 8.99. The highest BCUT2D eigenvalue weighted by molar-refractivity contribution is 6.03. The van der Waals surface area contributed by atoms with Gasteiger partial charge in [0.15, 0.2) is 11.6 Å². The molecule has 47 heavy (non-hydrogen) atoms. The monoisotopic (exact) mass is 644 g/mol. The van der Waals surface area contributed by atoms with Gasteiger partial charge in [0.2, 0.25) is 0 Å². The molecule has 2 aromatic heterocycles. The second-order valence-electron chi connectivity index (χ2n) is 13.8. The van der Waals surface area contributed by atoms with Gasteiger partial charge in [-0.05, 0) is 68.7 Å². The van der Waals surface area contributed by atoms with E-state index in [4.69, 9.17) is 21.1 Å². The smallest absolute Gasteiger partial charge is 0.319 e. The maximum Gasteiger partial charge on any atom is 0.319 e. The summed E-state index contributed by atoms with van der Waals surface area (Å²) in [5, 5.41) is 14.8. The van der Waals surface area contributed by atoms with Crippen LogP contribution in [0.1, 0.15) is 49.8 Å². The molecule has 242 valence electrons. The maximum absolute atomic E-state index is 17.1. The lowest BCUT2D eigenvalue weighted by Crippen LogP contribution is -2.62. The lowest BCUT2D eigenvalue weighted by molar-refractivity contribution is 0.106. The average molecular weight is 645 g/mol. The van der Waals surface area contributed by atoms with Crippen molar-refractivity contribution in [2.75, 3.05) is 31.1 Å². The Hall–Kier alpha value is -4.21. The fourth-order valence-electron chi connectivity index (χ4n) is 8.99. The normalized spacial score (nSPS) is 29.6. The molecule has 0 aliphatic carbocycles. The summed E-state index contributed by atoms with van der Waals surface area (Å²) in [6.45, 7) is 1.28. The first-order valence-corrected chi connectivity index (χ1v) is 16.2. The summed E-state index contributed by atoms with van der Waals surface area (Å²) in [6.07, 6.45) is 8.82. The van der Waals surface area contributed by atoms with Gasteiger partial charge >= 0.3 is 6.01 Å². The molecule has 7 heterocycles. The van der Waals surface area contributed by atoms with Gasteiger partial charge < -0.3 is 14.7 Å². The quantitative estimate of drug-likeness (QED) is 0.176. The highest BCUT2D eigenvalue weighted by Gasteiger charge is 2.52. The number of anilines is 1. The molecule has 0 radical (unpaired) electrons. The number of nitrogens with zero attached hydrogens (tertiary/aromatic N) is 5. The Morgan fingerprint density at radius 1 is 1.13 bits per heavy atom. The number of phenolic OH excluding ortho intramolecular Hbond substituents is 1. The number of hydrogen-bond donors (Lipinski definition) is 2. The number of aromatic hydroxyl groups is 1. The number of benzene rings is 2. The van der Waals surface area contributed by atoms with Gasteiger partial charge in [-0.3, -0.25) is 10.2 Å². The summed E-state index contributed by atoms with van der Waals surface area (Å²) in [6, 6.07) is 5.07. The summed E-state index contributed by atoms with van der Waals surface area (Å²) in [5.74, 6) is -0.542. The van der Waals surface area contributed by atoms with E-state index in [-0.39, 0.29) is 64.7 Å². The Morgan fingerprint density at radius 2 is 2.00 bits per heavy atom. The minimum atomic E-state index is -1.62. The molecule has 2 aromatic carbocycles. The van der Waals surface area contributed by atoms with Crippen molar-refractivity contribution in [2.24, 2.45) is 0 Å². The van der Waals surface area contributed by atoms with Gasteiger partial charge in [0.25, 0.3) is 0 Å². The van der Waals surface area contributed by atoms with E-state index < -0.39 is 29.1 Å². The number of aromatic nitrogens is 3. The van der Waals surface area contributed by atoms with Gasteiger partial charge in [-0.25, -0.2) is 22.5 Å². The molecule has 5 aliphatic rings. The molecule has 2 bridgehead atoms. The van der Waals surface area contributed by atoms with Gasteiger partial charge in [-0.15, -0.1) is 6.42 Å². The minimum Gasteiger partial charge on any atom is -0.508 e. The van der Waals surface area contributed by atoms with E-state index in [2.05, 4.69) is 21.1 Å². The number of alkyl halides is 2. The van der Waals surface area contributed by atoms with Crippen LogP contribution in [0.4, 0.5) is 23.4 Å². The Balaban J connectivity index is 1.25. The van der Waals surface area contributed by atoms with Crippen LogP contribution in [-0.4, -0.2) is 80.8 Å². The number of phenols is 1. The van der Waals surface area contributed by atoms with Crippen LogP contribution in [0.3, 0.4) is 0 Å². The van der Waals surface area contributed by atoms with Crippen molar-refractivity contribution in [3.8, 4) is 35.4 Å².